The number of pyridine rings is 2. The van der Waals surface area contributed by atoms with Gasteiger partial charge in [0.05, 0.1) is 11.3 Å². The van der Waals surface area contributed by atoms with Crippen LogP contribution < -0.4 is 9.62 Å². The van der Waals surface area contributed by atoms with Gasteiger partial charge in [-0.25, -0.2) is 23.5 Å². The Balaban J connectivity index is 1.36. The van der Waals surface area contributed by atoms with Crippen molar-refractivity contribution in [1.82, 2.24) is 24.2 Å². The van der Waals surface area contributed by atoms with Crippen LogP contribution in [0.5, 0.6) is 0 Å². The highest BCUT2D eigenvalue weighted by Gasteiger charge is 2.28. The molecule has 46 heavy (non-hydrogen) atoms. The number of piperazine rings is 1. The van der Waals surface area contributed by atoms with E-state index in [0.717, 1.165) is 22.3 Å². The molecule has 0 aliphatic carbocycles. The van der Waals surface area contributed by atoms with E-state index in [1.807, 2.05) is 32.9 Å². The Bertz CT molecular complexity index is 1880. The van der Waals surface area contributed by atoms with Gasteiger partial charge >= 0.3 is 16.3 Å². The lowest BCUT2D eigenvalue weighted by Crippen LogP contribution is -2.50. The Morgan fingerprint density at radius 2 is 1.74 bits per heavy atom. The number of H-pyrrole nitrogens is 1. The molecule has 244 valence electrons. The molecule has 1 aliphatic heterocycles. The number of ether oxygens (including phenoxy) is 1. The van der Waals surface area contributed by atoms with Crippen LogP contribution in [0.25, 0.3) is 22.2 Å². The molecule has 4 heterocycles. The minimum Gasteiger partial charge on any atom is -0.444 e. The topological polar surface area (TPSA) is 141 Å². The van der Waals surface area contributed by atoms with Crippen LogP contribution in [-0.2, 0) is 14.9 Å². The van der Waals surface area contributed by atoms with Crippen molar-refractivity contribution >= 4 is 44.6 Å². The maximum Gasteiger partial charge on any atom is 0.410 e. The van der Waals surface area contributed by atoms with Crippen LogP contribution in [0.1, 0.15) is 43.6 Å². The quantitative estimate of drug-likeness (QED) is 0.258. The summed E-state index contributed by atoms with van der Waals surface area (Å²) in [6, 6.07) is 7.13. The van der Waals surface area contributed by atoms with Gasteiger partial charge in [0.1, 0.15) is 22.9 Å². The summed E-state index contributed by atoms with van der Waals surface area (Å²) in [4.78, 5) is 41.4. The summed E-state index contributed by atoms with van der Waals surface area (Å²) in [7, 11) is -2.83. The third-order valence-corrected chi connectivity index (χ3v) is 9.08. The number of benzene rings is 1. The summed E-state index contributed by atoms with van der Waals surface area (Å²) in [6.07, 6.45) is 4.21. The molecule has 3 aromatic heterocycles. The predicted molar refractivity (Wildman–Crippen MR) is 170 cm³/mol. The summed E-state index contributed by atoms with van der Waals surface area (Å²) in [5.41, 5.74) is -0.436. The molecule has 1 aliphatic rings. The Hall–Kier alpha value is -4.63. The minimum absolute atomic E-state index is 0.0414. The zero-order chi connectivity index (χ0) is 33.4. The highest BCUT2D eigenvalue weighted by Crippen LogP contribution is 2.30. The normalized spacial score (nSPS) is 14.2. The number of nitrogens with zero attached hydrogens (tertiary/aromatic N) is 5. The summed E-state index contributed by atoms with van der Waals surface area (Å²) < 4.78 is 63.7. The molecule has 0 saturated carbocycles. The lowest BCUT2D eigenvalue weighted by atomic mass is 10.00. The average Bonchev–Trinajstić information content (AvgIpc) is 3.45. The molecule has 1 fully saturated rings. The highest BCUT2D eigenvalue weighted by molar-refractivity contribution is 7.90. The molecule has 2 N–H and O–H groups in total. The summed E-state index contributed by atoms with van der Waals surface area (Å²) in [5.74, 6) is -2.72. The second-order valence-electron chi connectivity index (χ2n) is 11.8. The first-order valence-electron chi connectivity index (χ1n) is 14.6. The number of carbonyl (C=O) groups excluding carboxylic acids is 2. The van der Waals surface area contributed by atoms with Crippen molar-refractivity contribution in [2.45, 2.75) is 33.3 Å². The molecule has 0 unspecified atom stereocenters. The van der Waals surface area contributed by atoms with Crippen LogP contribution in [0.3, 0.4) is 0 Å². The number of rotatable bonds is 8. The number of hydrogen-bond acceptors (Lipinski definition) is 8. The van der Waals surface area contributed by atoms with E-state index in [-0.39, 0.29) is 18.2 Å². The number of nitrogens with one attached hydrogen (secondary N) is 2. The SMILES string of the molecule is CCN(C)S(=O)(=O)Nc1ccc(F)c(C(=O)c2c[nH]c3ncc(-c4ccc(N5CCN(C(=O)OC(C)(C)C)CC5)nc4)cc23)c1F. The molecule has 0 radical (unpaired) electrons. The van der Waals surface area contributed by atoms with Crippen LogP contribution in [-0.4, -0.2) is 89.8 Å². The van der Waals surface area contributed by atoms with Gasteiger partial charge in [-0.15, -0.1) is 0 Å². The highest BCUT2D eigenvalue weighted by atomic mass is 32.2. The third kappa shape index (κ3) is 6.79. The van der Waals surface area contributed by atoms with Crippen molar-refractivity contribution < 1.29 is 31.5 Å². The van der Waals surface area contributed by atoms with Gasteiger partial charge in [0.15, 0.2) is 5.82 Å². The zero-order valence-electron chi connectivity index (χ0n) is 26.1. The van der Waals surface area contributed by atoms with Gasteiger partial charge in [-0.3, -0.25) is 9.52 Å². The smallest absolute Gasteiger partial charge is 0.410 e. The minimum atomic E-state index is -4.12. The van der Waals surface area contributed by atoms with Gasteiger partial charge in [-0.1, -0.05) is 6.92 Å². The summed E-state index contributed by atoms with van der Waals surface area (Å²) >= 11 is 0. The van der Waals surface area contributed by atoms with Gasteiger partial charge < -0.3 is 19.5 Å². The van der Waals surface area contributed by atoms with Gasteiger partial charge in [-0.2, -0.15) is 12.7 Å². The van der Waals surface area contributed by atoms with Crippen LogP contribution in [0.15, 0.2) is 48.9 Å². The predicted octanol–water partition coefficient (Wildman–Crippen LogP) is 4.80. The second-order valence-corrected chi connectivity index (χ2v) is 13.6. The van der Waals surface area contributed by atoms with Gasteiger partial charge in [0.25, 0.3) is 0 Å². The van der Waals surface area contributed by atoms with Gasteiger partial charge in [0.2, 0.25) is 5.78 Å². The number of fused-ring (bicyclic) bond motifs is 1. The fourth-order valence-corrected chi connectivity index (χ4v) is 5.83. The molecule has 1 saturated heterocycles. The molecule has 1 aromatic carbocycles. The van der Waals surface area contributed by atoms with E-state index in [1.54, 1.807) is 30.3 Å². The lowest BCUT2D eigenvalue weighted by Gasteiger charge is -2.36. The molecule has 12 nitrogen and oxygen atoms in total. The van der Waals surface area contributed by atoms with E-state index in [4.69, 9.17) is 4.74 Å². The number of halogens is 2. The van der Waals surface area contributed by atoms with E-state index < -0.39 is 44.5 Å². The maximum atomic E-state index is 15.5. The molecule has 1 amide bonds. The van der Waals surface area contributed by atoms with Crippen LogP contribution in [0.2, 0.25) is 0 Å². The standard InChI is InChI=1S/C31H35F2N7O5S/c1-6-38(5)46(43,44)37-24-9-8-23(32)26(27(24)33)28(41)22-18-36-29-21(22)15-20(17-35-29)19-7-10-25(34-16-19)39-11-13-40(14-12-39)30(42)45-31(2,3)4/h7-10,15-18,37H,6,11-14H2,1-5H3,(H,35,36). The number of hydrogen-bond donors (Lipinski definition) is 2. The first-order valence-corrected chi connectivity index (χ1v) is 16.1. The van der Waals surface area contributed by atoms with Crippen molar-refractivity contribution in [3.63, 3.8) is 0 Å². The van der Waals surface area contributed by atoms with Gasteiger partial charge in [0, 0.05) is 80.4 Å². The maximum absolute atomic E-state index is 15.5. The Morgan fingerprint density at radius 1 is 1.04 bits per heavy atom. The van der Waals surface area contributed by atoms with Crippen molar-refractivity contribution in [3.8, 4) is 11.1 Å². The number of aromatic amines is 1. The van der Waals surface area contributed by atoms with Crippen LogP contribution in [0.4, 0.5) is 25.1 Å². The van der Waals surface area contributed by atoms with Crippen LogP contribution >= 0.6 is 0 Å². The van der Waals surface area contributed by atoms with E-state index in [9.17, 15) is 22.4 Å². The molecule has 15 heteroatoms. The molecule has 4 aromatic rings. The second kappa shape index (κ2) is 12.6. The van der Waals surface area contributed by atoms with Crippen molar-refractivity contribution in [1.29, 1.82) is 0 Å². The van der Waals surface area contributed by atoms with Crippen molar-refractivity contribution in [2.24, 2.45) is 0 Å². The first-order chi connectivity index (χ1) is 21.7. The fourth-order valence-electron chi connectivity index (χ4n) is 4.90. The zero-order valence-corrected chi connectivity index (χ0v) is 26.9. The van der Waals surface area contributed by atoms with Gasteiger partial charge in [-0.05, 0) is 51.1 Å². The average molecular weight is 656 g/mol. The summed E-state index contributed by atoms with van der Waals surface area (Å²) in [6.45, 7) is 9.34. The van der Waals surface area contributed by atoms with E-state index in [1.165, 1.54) is 13.2 Å². The molecule has 0 atom stereocenters. The fraction of sp³-hybridized carbons (Fsp3) is 0.355. The Labute approximate surface area is 265 Å². The molecular weight excluding hydrogens is 620 g/mol. The van der Waals surface area contributed by atoms with Crippen molar-refractivity contribution in [2.75, 3.05) is 49.4 Å². The first kappa shape index (κ1) is 32.8. The number of amides is 1. The molecule has 5 rings (SSSR count). The Morgan fingerprint density at radius 3 is 2.37 bits per heavy atom. The van der Waals surface area contributed by atoms with E-state index in [2.05, 4.69) is 24.6 Å². The Kier molecular flexibility index (Phi) is 9.00. The largest absolute Gasteiger partial charge is 0.444 e. The van der Waals surface area contributed by atoms with Crippen molar-refractivity contribution in [3.05, 3.63) is 71.7 Å². The monoisotopic (exact) mass is 655 g/mol. The number of carbonyl (C=O) groups is 2. The summed E-state index contributed by atoms with van der Waals surface area (Å²) in [5, 5.41) is 0.320. The number of ketones is 1. The number of aromatic nitrogens is 3. The lowest BCUT2D eigenvalue weighted by molar-refractivity contribution is 0.0240. The number of anilines is 2. The van der Waals surface area contributed by atoms with E-state index in [0.29, 0.717) is 48.3 Å². The van der Waals surface area contributed by atoms with E-state index >= 15 is 4.39 Å². The van der Waals surface area contributed by atoms with Crippen LogP contribution in [0, 0.1) is 11.6 Å². The molecule has 0 bridgehead atoms. The molecule has 0 spiro atoms. The molecular formula is C31H35F2N7O5S. The third-order valence-electron chi connectivity index (χ3n) is 7.53.